The molecule has 0 amide bonds. The fraction of sp³-hybridized carbons (Fsp3) is 0.643. The minimum Gasteiger partial charge on any atom is -0.364 e. The van der Waals surface area contributed by atoms with Crippen LogP contribution >= 0.6 is 11.6 Å². The molecule has 0 bridgehead atoms. The molecule has 1 aromatic rings. The van der Waals surface area contributed by atoms with Crippen LogP contribution in [-0.4, -0.2) is 16.5 Å². The molecule has 20 heavy (non-hydrogen) atoms. The zero-order valence-corrected chi connectivity index (χ0v) is 12.4. The average Bonchev–Trinajstić information content (AvgIpc) is 2.41. The van der Waals surface area contributed by atoms with Gasteiger partial charge in [-0.25, -0.2) is 4.98 Å². The quantitative estimate of drug-likeness (QED) is 0.500. The van der Waals surface area contributed by atoms with Gasteiger partial charge in [0.1, 0.15) is 5.15 Å². The summed E-state index contributed by atoms with van der Waals surface area (Å²) in [6, 6.07) is 2.83. The van der Waals surface area contributed by atoms with E-state index < -0.39 is 4.92 Å². The zero-order chi connectivity index (χ0) is 14.5. The van der Waals surface area contributed by atoms with Crippen molar-refractivity contribution in [3.05, 3.63) is 27.4 Å². The lowest BCUT2D eigenvalue weighted by Gasteiger charge is -2.26. The highest BCUT2D eigenvalue weighted by Crippen LogP contribution is 2.30. The van der Waals surface area contributed by atoms with E-state index in [2.05, 4.69) is 17.2 Å². The summed E-state index contributed by atoms with van der Waals surface area (Å²) < 4.78 is 0. The molecule has 1 heterocycles. The molecule has 0 radical (unpaired) electrons. The van der Waals surface area contributed by atoms with Gasteiger partial charge in [0.25, 0.3) is 0 Å². The first-order valence-electron chi connectivity index (χ1n) is 7.11. The lowest BCUT2D eigenvalue weighted by atomic mass is 9.81. The Morgan fingerprint density at radius 2 is 2.10 bits per heavy atom. The summed E-state index contributed by atoms with van der Waals surface area (Å²) in [5, 5.41) is 14.2. The second-order valence-corrected chi connectivity index (χ2v) is 5.99. The highest BCUT2D eigenvalue weighted by Gasteiger charge is 2.19. The number of nitrogens with zero attached hydrogens (tertiary/aromatic N) is 2. The zero-order valence-electron chi connectivity index (χ0n) is 11.6. The molecular formula is C14H20ClN3O2. The van der Waals surface area contributed by atoms with Crippen molar-refractivity contribution in [2.75, 3.05) is 11.9 Å². The van der Waals surface area contributed by atoms with E-state index >= 15 is 0 Å². The molecule has 0 unspecified atom stereocenters. The smallest absolute Gasteiger partial charge is 0.311 e. The Balaban J connectivity index is 1.87. The summed E-state index contributed by atoms with van der Waals surface area (Å²) >= 11 is 5.79. The summed E-state index contributed by atoms with van der Waals surface area (Å²) in [6.07, 6.45) is 6.13. The second kappa shape index (κ2) is 6.88. The van der Waals surface area contributed by atoms with Crippen LogP contribution in [0.25, 0.3) is 0 Å². The van der Waals surface area contributed by atoms with Gasteiger partial charge in [-0.15, -0.1) is 0 Å². The van der Waals surface area contributed by atoms with Crippen molar-refractivity contribution >= 4 is 23.1 Å². The summed E-state index contributed by atoms with van der Waals surface area (Å²) in [5.74, 6) is 1.83. The Labute approximate surface area is 123 Å². The Hall–Kier alpha value is -1.36. The molecule has 1 N–H and O–H groups in total. The van der Waals surface area contributed by atoms with Crippen molar-refractivity contribution in [3.8, 4) is 0 Å². The van der Waals surface area contributed by atoms with Gasteiger partial charge in [0.15, 0.2) is 0 Å². The van der Waals surface area contributed by atoms with E-state index in [-0.39, 0.29) is 16.7 Å². The van der Waals surface area contributed by atoms with Gasteiger partial charge >= 0.3 is 5.69 Å². The van der Waals surface area contributed by atoms with Crippen LogP contribution in [-0.2, 0) is 0 Å². The van der Waals surface area contributed by atoms with Gasteiger partial charge < -0.3 is 5.32 Å². The van der Waals surface area contributed by atoms with Gasteiger partial charge in [-0.2, -0.15) is 0 Å². The molecule has 0 aliphatic heterocycles. The molecule has 0 atom stereocenters. The predicted octanol–water partition coefficient (Wildman–Crippen LogP) is 4.27. The molecular weight excluding hydrogens is 278 g/mol. The maximum Gasteiger partial charge on any atom is 0.311 e. The van der Waals surface area contributed by atoms with Crippen LogP contribution in [0.3, 0.4) is 0 Å². The molecule has 2 rings (SSSR count). The van der Waals surface area contributed by atoms with Crippen LogP contribution in [0.5, 0.6) is 0 Å². The van der Waals surface area contributed by atoms with Gasteiger partial charge in [-0.1, -0.05) is 44.2 Å². The first-order valence-corrected chi connectivity index (χ1v) is 7.49. The van der Waals surface area contributed by atoms with Crippen molar-refractivity contribution in [3.63, 3.8) is 0 Å². The third-order valence-electron chi connectivity index (χ3n) is 4.02. The normalized spacial score (nSPS) is 22.5. The maximum absolute atomic E-state index is 10.9. The van der Waals surface area contributed by atoms with Gasteiger partial charge in [0.2, 0.25) is 5.82 Å². The fourth-order valence-electron chi connectivity index (χ4n) is 2.72. The van der Waals surface area contributed by atoms with E-state index in [1.807, 2.05) is 0 Å². The Bertz CT molecular complexity index is 473. The largest absolute Gasteiger partial charge is 0.364 e. The summed E-state index contributed by atoms with van der Waals surface area (Å²) in [7, 11) is 0. The summed E-state index contributed by atoms with van der Waals surface area (Å²) in [5.41, 5.74) is -0.0216. The summed E-state index contributed by atoms with van der Waals surface area (Å²) in [6.45, 7) is 3.00. The number of pyridine rings is 1. The monoisotopic (exact) mass is 297 g/mol. The number of nitro groups is 1. The van der Waals surface area contributed by atoms with E-state index in [1.165, 1.54) is 37.8 Å². The number of nitrogens with one attached hydrogen (secondary N) is 1. The van der Waals surface area contributed by atoms with Crippen LogP contribution in [0, 0.1) is 22.0 Å². The van der Waals surface area contributed by atoms with E-state index in [4.69, 9.17) is 11.6 Å². The van der Waals surface area contributed by atoms with Gasteiger partial charge in [-0.3, -0.25) is 10.1 Å². The summed E-state index contributed by atoms with van der Waals surface area (Å²) in [4.78, 5) is 14.5. The number of anilines is 1. The van der Waals surface area contributed by atoms with Crippen LogP contribution in [0.2, 0.25) is 5.15 Å². The molecule has 1 fully saturated rings. The molecule has 0 aromatic carbocycles. The third kappa shape index (κ3) is 4.07. The third-order valence-corrected chi connectivity index (χ3v) is 4.23. The Kier molecular flexibility index (Phi) is 5.17. The topological polar surface area (TPSA) is 68.1 Å². The molecule has 1 aliphatic carbocycles. The van der Waals surface area contributed by atoms with Gasteiger partial charge in [0, 0.05) is 12.6 Å². The van der Waals surface area contributed by atoms with Crippen molar-refractivity contribution in [1.82, 2.24) is 4.98 Å². The highest BCUT2D eigenvalue weighted by atomic mass is 35.5. The van der Waals surface area contributed by atoms with Gasteiger partial charge in [0.05, 0.1) is 4.92 Å². The highest BCUT2D eigenvalue weighted by molar-refractivity contribution is 6.29. The number of aromatic nitrogens is 1. The Morgan fingerprint density at radius 3 is 2.75 bits per heavy atom. The maximum atomic E-state index is 10.9. The van der Waals surface area contributed by atoms with Crippen molar-refractivity contribution < 1.29 is 4.92 Å². The second-order valence-electron chi connectivity index (χ2n) is 5.60. The van der Waals surface area contributed by atoms with Crippen LogP contribution in [0.15, 0.2) is 12.1 Å². The first-order chi connectivity index (χ1) is 9.56. The standard InChI is InChI=1S/C14H20ClN3O2/c1-10-2-4-11(5-3-10)8-9-16-14-12(18(19)20)6-7-13(15)17-14/h6-7,10-11H,2-5,8-9H2,1H3,(H,16,17). The fourth-order valence-corrected chi connectivity index (χ4v) is 2.87. The van der Waals surface area contributed by atoms with Crippen molar-refractivity contribution in [2.24, 2.45) is 11.8 Å². The molecule has 1 saturated carbocycles. The number of rotatable bonds is 5. The van der Waals surface area contributed by atoms with E-state index in [0.29, 0.717) is 6.54 Å². The van der Waals surface area contributed by atoms with Crippen molar-refractivity contribution in [2.45, 2.75) is 39.0 Å². The average molecular weight is 298 g/mol. The van der Waals surface area contributed by atoms with E-state index in [0.717, 1.165) is 18.3 Å². The lowest BCUT2D eigenvalue weighted by molar-refractivity contribution is -0.384. The van der Waals surface area contributed by atoms with Crippen LogP contribution < -0.4 is 5.32 Å². The number of hydrogen-bond acceptors (Lipinski definition) is 4. The minimum absolute atomic E-state index is 0.0216. The molecule has 0 spiro atoms. The molecule has 1 aromatic heterocycles. The molecule has 6 heteroatoms. The number of halogens is 1. The predicted molar refractivity (Wildman–Crippen MR) is 80.1 cm³/mol. The SMILES string of the molecule is CC1CCC(CCNc2nc(Cl)ccc2[N+](=O)[O-])CC1. The molecule has 5 nitrogen and oxygen atoms in total. The molecule has 1 aliphatic rings. The van der Waals surface area contributed by atoms with Gasteiger partial charge in [-0.05, 0) is 24.3 Å². The van der Waals surface area contributed by atoms with Crippen LogP contribution in [0.1, 0.15) is 39.0 Å². The molecule has 0 saturated heterocycles. The van der Waals surface area contributed by atoms with E-state index in [1.54, 1.807) is 0 Å². The van der Waals surface area contributed by atoms with Crippen LogP contribution in [0.4, 0.5) is 11.5 Å². The van der Waals surface area contributed by atoms with Crippen molar-refractivity contribution in [1.29, 1.82) is 0 Å². The molecule has 110 valence electrons. The Morgan fingerprint density at radius 1 is 1.40 bits per heavy atom. The van der Waals surface area contributed by atoms with E-state index in [9.17, 15) is 10.1 Å². The lowest BCUT2D eigenvalue weighted by Crippen LogP contribution is -2.16. The minimum atomic E-state index is -0.437. The first kappa shape index (κ1) is 15.0. The number of hydrogen-bond donors (Lipinski definition) is 1.